The minimum atomic E-state index is 0. The van der Waals surface area contributed by atoms with Gasteiger partial charge in [-0.2, -0.15) is 11.3 Å². The first-order valence-corrected chi connectivity index (χ1v) is 9.04. The molecule has 0 spiro atoms. The summed E-state index contributed by atoms with van der Waals surface area (Å²) < 4.78 is 5.60. The molecule has 0 saturated heterocycles. The van der Waals surface area contributed by atoms with Crippen LogP contribution < -0.4 is 5.32 Å². The number of rotatable bonds is 5. The molecule has 0 amide bonds. The van der Waals surface area contributed by atoms with Crippen LogP contribution in [0.3, 0.4) is 0 Å². The Morgan fingerprint density at radius 3 is 2.69 bits per heavy atom. The van der Waals surface area contributed by atoms with Crippen molar-refractivity contribution < 1.29 is 4.42 Å². The second-order valence-corrected chi connectivity index (χ2v) is 6.68. The van der Waals surface area contributed by atoms with Gasteiger partial charge in [0.1, 0.15) is 6.26 Å². The maximum atomic E-state index is 5.60. The van der Waals surface area contributed by atoms with E-state index < -0.39 is 0 Å². The molecule has 2 heterocycles. The number of hydrogen-bond acceptors (Lipinski definition) is 4. The molecule has 0 saturated carbocycles. The van der Waals surface area contributed by atoms with Crippen LogP contribution in [0, 0.1) is 6.92 Å². The third kappa shape index (κ3) is 5.31. The number of halogens is 1. The topological polar surface area (TPSA) is 53.7 Å². The zero-order valence-corrected chi connectivity index (χ0v) is 18.2. The summed E-state index contributed by atoms with van der Waals surface area (Å²) in [5.41, 5.74) is 4.32. The summed E-state index contributed by atoms with van der Waals surface area (Å²) in [5, 5.41) is 7.56. The molecule has 0 unspecified atom stereocenters. The van der Waals surface area contributed by atoms with Gasteiger partial charge in [0.15, 0.2) is 5.96 Å². The second kappa shape index (κ2) is 9.72. The molecule has 0 aliphatic rings. The van der Waals surface area contributed by atoms with Crippen LogP contribution in [-0.2, 0) is 13.1 Å². The molecule has 7 heteroatoms. The Labute approximate surface area is 175 Å². The Kier molecular flexibility index (Phi) is 7.65. The molecule has 26 heavy (non-hydrogen) atoms. The number of hydrogen-bond donors (Lipinski definition) is 1. The number of nitrogens with zero attached hydrogens (tertiary/aromatic N) is 3. The van der Waals surface area contributed by atoms with E-state index in [0.29, 0.717) is 12.4 Å². The molecule has 0 radical (unpaired) electrons. The normalized spacial score (nSPS) is 11.1. The van der Waals surface area contributed by atoms with E-state index in [1.165, 1.54) is 11.1 Å². The number of guanidine groups is 1. The van der Waals surface area contributed by atoms with Crippen LogP contribution in [0.1, 0.15) is 16.8 Å². The van der Waals surface area contributed by atoms with Gasteiger partial charge >= 0.3 is 0 Å². The molecule has 1 aromatic carbocycles. The summed E-state index contributed by atoms with van der Waals surface area (Å²) in [6.07, 6.45) is 1.69. The van der Waals surface area contributed by atoms with Crippen LogP contribution >= 0.6 is 35.3 Å². The maximum Gasteiger partial charge on any atom is 0.226 e. The summed E-state index contributed by atoms with van der Waals surface area (Å²) >= 11 is 1.70. The Morgan fingerprint density at radius 1 is 1.27 bits per heavy atom. The van der Waals surface area contributed by atoms with Crippen molar-refractivity contribution >= 4 is 41.3 Å². The van der Waals surface area contributed by atoms with E-state index in [4.69, 9.17) is 4.42 Å². The van der Waals surface area contributed by atoms with Gasteiger partial charge in [0, 0.05) is 26.2 Å². The SMILES string of the molecule is CN=C(NCc1coc(-c2ccc(C)cc2)n1)N(C)Cc1ccsc1.I. The molecule has 3 rings (SSSR count). The van der Waals surface area contributed by atoms with E-state index in [1.54, 1.807) is 24.6 Å². The number of oxazole rings is 1. The molecular formula is C19H23IN4OS. The first kappa shape index (κ1) is 20.4. The quantitative estimate of drug-likeness (QED) is 0.330. The van der Waals surface area contributed by atoms with E-state index in [0.717, 1.165) is 23.8 Å². The van der Waals surface area contributed by atoms with Crippen molar-refractivity contribution in [3.8, 4) is 11.5 Å². The zero-order chi connectivity index (χ0) is 17.6. The van der Waals surface area contributed by atoms with Gasteiger partial charge in [-0.25, -0.2) is 4.98 Å². The molecule has 3 aromatic rings. The highest BCUT2D eigenvalue weighted by atomic mass is 127. The van der Waals surface area contributed by atoms with E-state index in [-0.39, 0.29) is 24.0 Å². The highest BCUT2D eigenvalue weighted by molar-refractivity contribution is 14.0. The number of nitrogens with one attached hydrogen (secondary N) is 1. The molecular weight excluding hydrogens is 459 g/mol. The third-order valence-corrected chi connectivity index (χ3v) is 4.58. The van der Waals surface area contributed by atoms with Gasteiger partial charge < -0.3 is 14.6 Å². The number of benzene rings is 1. The van der Waals surface area contributed by atoms with Crippen LogP contribution in [0.4, 0.5) is 0 Å². The molecule has 1 N–H and O–H groups in total. The van der Waals surface area contributed by atoms with Crippen LogP contribution in [0.25, 0.3) is 11.5 Å². The van der Waals surface area contributed by atoms with Gasteiger partial charge in [-0.05, 0) is 41.4 Å². The van der Waals surface area contributed by atoms with E-state index >= 15 is 0 Å². The van der Waals surface area contributed by atoms with Crippen molar-refractivity contribution in [2.24, 2.45) is 4.99 Å². The second-order valence-electron chi connectivity index (χ2n) is 5.90. The van der Waals surface area contributed by atoms with Crippen molar-refractivity contribution in [2.75, 3.05) is 14.1 Å². The molecule has 5 nitrogen and oxygen atoms in total. The lowest BCUT2D eigenvalue weighted by atomic mass is 10.1. The summed E-state index contributed by atoms with van der Waals surface area (Å²) in [6, 6.07) is 10.3. The molecule has 0 fully saturated rings. The fourth-order valence-electron chi connectivity index (χ4n) is 2.50. The van der Waals surface area contributed by atoms with Crippen molar-refractivity contribution in [3.63, 3.8) is 0 Å². The van der Waals surface area contributed by atoms with Crippen LogP contribution in [-0.4, -0.2) is 29.9 Å². The highest BCUT2D eigenvalue weighted by Gasteiger charge is 2.10. The van der Waals surface area contributed by atoms with Crippen LogP contribution in [0.5, 0.6) is 0 Å². The average molecular weight is 482 g/mol. The lowest BCUT2D eigenvalue weighted by Crippen LogP contribution is -2.38. The Bertz CT molecular complexity index is 828. The van der Waals surface area contributed by atoms with Crippen LogP contribution in [0.2, 0.25) is 0 Å². The summed E-state index contributed by atoms with van der Waals surface area (Å²) in [7, 11) is 3.81. The van der Waals surface area contributed by atoms with Crippen molar-refractivity contribution in [2.45, 2.75) is 20.0 Å². The molecule has 0 atom stereocenters. The minimum absolute atomic E-state index is 0. The van der Waals surface area contributed by atoms with Gasteiger partial charge in [0.05, 0.1) is 12.2 Å². The van der Waals surface area contributed by atoms with E-state index in [2.05, 4.69) is 56.1 Å². The van der Waals surface area contributed by atoms with Crippen molar-refractivity contribution in [1.82, 2.24) is 15.2 Å². The smallest absolute Gasteiger partial charge is 0.226 e. The lowest BCUT2D eigenvalue weighted by Gasteiger charge is -2.21. The van der Waals surface area contributed by atoms with E-state index in [9.17, 15) is 0 Å². The third-order valence-electron chi connectivity index (χ3n) is 3.85. The summed E-state index contributed by atoms with van der Waals surface area (Å²) in [4.78, 5) is 11.0. The fourth-order valence-corrected chi connectivity index (χ4v) is 3.16. The minimum Gasteiger partial charge on any atom is -0.444 e. The van der Waals surface area contributed by atoms with E-state index in [1.807, 2.05) is 19.2 Å². The molecule has 138 valence electrons. The maximum absolute atomic E-state index is 5.60. The standard InChI is InChI=1S/C19H22N4OS.HI/c1-14-4-6-16(7-5-14)18-22-17(12-24-18)10-21-19(20-2)23(3)11-15-8-9-25-13-15;/h4-9,12-13H,10-11H2,1-3H3,(H,20,21);1H. The number of aliphatic imine (C=N–C) groups is 1. The molecule has 0 aliphatic carbocycles. The van der Waals surface area contributed by atoms with Crippen molar-refractivity contribution in [1.29, 1.82) is 0 Å². The number of thiophene rings is 1. The predicted octanol–water partition coefficient (Wildman–Crippen LogP) is 4.54. The van der Waals surface area contributed by atoms with Crippen LogP contribution in [0.15, 0.2) is 56.8 Å². The molecule has 0 bridgehead atoms. The Balaban J connectivity index is 0.00000243. The fraction of sp³-hybridized carbons (Fsp3) is 0.263. The monoisotopic (exact) mass is 482 g/mol. The van der Waals surface area contributed by atoms with Gasteiger partial charge in [-0.3, -0.25) is 4.99 Å². The largest absolute Gasteiger partial charge is 0.444 e. The van der Waals surface area contributed by atoms with Gasteiger partial charge in [0.2, 0.25) is 5.89 Å². The van der Waals surface area contributed by atoms with Gasteiger partial charge in [-0.15, -0.1) is 24.0 Å². The van der Waals surface area contributed by atoms with Gasteiger partial charge in [0.25, 0.3) is 0 Å². The highest BCUT2D eigenvalue weighted by Crippen LogP contribution is 2.19. The Morgan fingerprint density at radius 2 is 2.04 bits per heavy atom. The first-order chi connectivity index (χ1) is 12.2. The zero-order valence-electron chi connectivity index (χ0n) is 15.1. The number of aromatic nitrogens is 1. The summed E-state index contributed by atoms with van der Waals surface area (Å²) in [6.45, 7) is 3.44. The first-order valence-electron chi connectivity index (χ1n) is 8.10. The summed E-state index contributed by atoms with van der Waals surface area (Å²) in [5.74, 6) is 1.46. The van der Waals surface area contributed by atoms with Crippen molar-refractivity contribution in [3.05, 3.63) is 64.2 Å². The lowest BCUT2D eigenvalue weighted by molar-refractivity contribution is 0.476. The average Bonchev–Trinajstić information content (AvgIpc) is 3.28. The Hall–Kier alpha value is -1.87. The predicted molar refractivity (Wildman–Crippen MR) is 118 cm³/mol. The molecule has 0 aliphatic heterocycles. The van der Waals surface area contributed by atoms with Gasteiger partial charge in [-0.1, -0.05) is 17.7 Å². The number of aryl methyl sites for hydroxylation is 1. The molecule has 2 aromatic heterocycles.